The molecule has 0 heterocycles. The molecule has 2 N–H and O–H groups in total. The van der Waals surface area contributed by atoms with Gasteiger partial charge in [-0.2, -0.15) is 0 Å². The van der Waals surface area contributed by atoms with E-state index in [-0.39, 0.29) is 0 Å². The van der Waals surface area contributed by atoms with E-state index in [0.717, 1.165) is 19.4 Å². The van der Waals surface area contributed by atoms with Gasteiger partial charge in [0.2, 0.25) is 0 Å². The highest BCUT2D eigenvalue weighted by atomic mass is 16.2. The predicted octanol–water partition coefficient (Wildman–Crippen LogP) is 3.51. The van der Waals surface area contributed by atoms with Crippen LogP contribution in [0, 0.1) is 13.8 Å². The molecule has 1 atom stereocenters. The van der Waals surface area contributed by atoms with Crippen LogP contribution in [0.2, 0.25) is 0 Å². The molecule has 0 spiro atoms. The van der Waals surface area contributed by atoms with Gasteiger partial charge in [0.05, 0.1) is 0 Å². The predicted molar refractivity (Wildman–Crippen MR) is 77.9 cm³/mol. The molecule has 1 rings (SSSR count). The fraction of sp³-hybridized carbons (Fsp3) is 0.625. The summed E-state index contributed by atoms with van der Waals surface area (Å²) in [5.41, 5.74) is 4.09. The summed E-state index contributed by atoms with van der Waals surface area (Å²) in [6.45, 7) is 7.92. The van der Waals surface area contributed by atoms with Gasteiger partial charge in [-0.05, 0) is 56.8 Å². The van der Waals surface area contributed by atoms with E-state index in [4.69, 9.17) is 5.11 Å². The molecule has 0 aliphatic rings. The third-order valence-electron chi connectivity index (χ3n) is 3.57. The fourth-order valence-electron chi connectivity index (χ4n) is 2.06. The molecule has 102 valence electrons. The van der Waals surface area contributed by atoms with Crippen molar-refractivity contribution in [3.05, 3.63) is 34.9 Å². The van der Waals surface area contributed by atoms with Crippen LogP contribution in [0.1, 0.15) is 55.3 Å². The first-order valence-corrected chi connectivity index (χ1v) is 7.06. The van der Waals surface area contributed by atoms with Gasteiger partial charge in [-0.3, -0.25) is 0 Å². The standard InChI is InChI=1S/C16H27NO/c1-13-8-9-16(12-14(13)2)15(3)17-10-6-4-5-7-11-18/h8-9,12,15,17-18H,4-7,10-11H2,1-3H3. The minimum Gasteiger partial charge on any atom is -0.396 e. The maximum atomic E-state index is 8.69. The first-order valence-electron chi connectivity index (χ1n) is 7.06. The van der Waals surface area contributed by atoms with Crippen molar-refractivity contribution in [1.82, 2.24) is 5.32 Å². The van der Waals surface area contributed by atoms with E-state index >= 15 is 0 Å². The normalized spacial score (nSPS) is 12.7. The minimum atomic E-state index is 0.326. The van der Waals surface area contributed by atoms with Crippen LogP contribution >= 0.6 is 0 Å². The third kappa shape index (κ3) is 5.19. The van der Waals surface area contributed by atoms with Gasteiger partial charge in [0, 0.05) is 12.6 Å². The molecule has 0 aromatic heterocycles. The molecular weight excluding hydrogens is 222 g/mol. The number of nitrogens with one attached hydrogen (secondary N) is 1. The van der Waals surface area contributed by atoms with Crippen molar-refractivity contribution in [2.24, 2.45) is 0 Å². The number of aliphatic hydroxyl groups is 1. The highest BCUT2D eigenvalue weighted by Crippen LogP contribution is 2.16. The fourth-order valence-corrected chi connectivity index (χ4v) is 2.06. The molecule has 0 bridgehead atoms. The molecule has 0 aliphatic heterocycles. The smallest absolute Gasteiger partial charge is 0.0431 e. The van der Waals surface area contributed by atoms with Crippen LogP contribution in [0.15, 0.2) is 18.2 Å². The van der Waals surface area contributed by atoms with Crippen molar-refractivity contribution in [3.63, 3.8) is 0 Å². The molecule has 2 heteroatoms. The lowest BCUT2D eigenvalue weighted by Gasteiger charge is -2.15. The Balaban J connectivity index is 2.27. The zero-order valence-corrected chi connectivity index (χ0v) is 12.0. The van der Waals surface area contributed by atoms with Gasteiger partial charge in [-0.25, -0.2) is 0 Å². The lowest BCUT2D eigenvalue weighted by molar-refractivity contribution is 0.282. The molecule has 1 aromatic rings. The Morgan fingerprint density at radius 2 is 1.78 bits per heavy atom. The highest BCUT2D eigenvalue weighted by Gasteiger charge is 2.05. The molecule has 0 radical (unpaired) electrons. The first kappa shape index (κ1) is 15.2. The number of unbranched alkanes of at least 4 members (excludes halogenated alkanes) is 3. The topological polar surface area (TPSA) is 32.3 Å². The number of rotatable bonds is 8. The van der Waals surface area contributed by atoms with E-state index in [2.05, 4.69) is 44.3 Å². The summed E-state index contributed by atoms with van der Waals surface area (Å²) in [5, 5.41) is 12.3. The van der Waals surface area contributed by atoms with Crippen molar-refractivity contribution in [3.8, 4) is 0 Å². The van der Waals surface area contributed by atoms with Crippen molar-refractivity contribution in [2.45, 2.75) is 52.5 Å². The van der Waals surface area contributed by atoms with Crippen LogP contribution in [-0.4, -0.2) is 18.3 Å². The van der Waals surface area contributed by atoms with E-state index in [1.807, 2.05) is 0 Å². The second kappa shape index (κ2) is 8.28. The Bertz CT molecular complexity index is 349. The van der Waals surface area contributed by atoms with E-state index < -0.39 is 0 Å². The highest BCUT2D eigenvalue weighted by molar-refractivity contribution is 5.31. The molecule has 0 saturated carbocycles. The quantitative estimate of drug-likeness (QED) is 0.691. The van der Waals surface area contributed by atoms with Crippen molar-refractivity contribution in [2.75, 3.05) is 13.2 Å². The average molecular weight is 249 g/mol. The summed E-state index contributed by atoms with van der Waals surface area (Å²) in [5.74, 6) is 0. The van der Waals surface area contributed by atoms with Crippen LogP contribution in [-0.2, 0) is 0 Å². The second-order valence-electron chi connectivity index (χ2n) is 5.16. The molecule has 0 saturated heterocycles. The summed E-state index contributed by atoms with van der Waals surface area (Å²) in [4.78, 5) is 0. The number of aryl methyl sites for hydroxylation is 2. The molecule has 2 nitrogen and oxygen atoms in total. The Kier molecular flexibility index (Phi) is 6.99. The lowest BCUT2D eigenvalue weighted by atomic mass is 10.0. The SMILES string of the molecule is Cc1ccc(C(C)NCCCCCCO)cc1C. The average Bonchev–Trinajstić information content (AvgIpc) is 2.36. The lowest BCUT2D eigenvalue weighted by Crippen LogP contribution is -2.20. The first-order chi connectivity index (χ1) is 8.65. The minimum absolute atomic E-state index is 0.326. The van der Waals surface area contributed by atoms with Gasteiger partial charge >= 0.3 is 0 Å². The van der Waals surface area contributed by atoms with Crippen LogP contribution in [0.4, 0.5) is 0 Å². The van der Waals surface area contributed by atoms with Gasteiger partial charge in [0.25, 0.3) is 0 Å². The van der Waals surface area contributed by atoms with Gasteiger partial charge in [-0.1, -0.05) is 31.0 Å². The summed E-state index contributed by atoms with van der Waals surface area (Å²) in [6, 6.07) is 7.11. The Morgan fingerprint density at radius 3 is 2.44 bits per heavy atom. The summed E-state index contributed by atoms with van der Waals surface area (Å²) in [7, 11) is 0. The van der Waals surface area contributed by atoms with E-state index in [9.17, 15) is 0 Å². The van der Waals surface area contributed by atoms with E-state index in [1.54, 1.807) is 0 Å². The summed E-state index contributed by atoms with van der Waals surface area (Å²) >= 11 is 0. The third-order valence-corrected chi connectivity index (χ3v) is 3.57. The molecule has 0 aliphatic carbocycles. The largest absolute Gasteiger partial charge is 0.396 e. The van der Waals surface area contributed by atoms with Crippen LogP contribution in [0.5, 0.6) is 0 Å². The van der Waals surface area contributed by atoms with Crippen molar-refractivity contribution in [1.29, 1.82) is 0 Å². The number of aliphatic hydroxyl groups excluding tert-OH is 1. The van der Waals surface area contributed by atoms with E-state index in [0.29, 0.717) is 12.6 Å². The zero-order chi connectivity index (χ0) is 13.4. The monoisotopic (exact) mass is 249 g/mol. The summed E-state index contributed by atoms with van der Waals surface area (Å²) < 4.78 is 0. The van der Waals surface area contributed by atoms with Gasteiger partial charge in [0.15, 0.2) is 0 Å². The molecule has 1 unspecified atom stereocenters. The molecule has 0 amide bonds. The van der Waals surface area contributed by atoms with E-state index in [1.165, 1.54) is 29.5 Å². The number of hydrogen-bond donors (Lipinski definition) is 2. The maximum Gasteiger partial charge on any atom is 0.0431 e. The van der Waals surface area contributed by atoms with Gasteiger partial charge in [0.1, 0.15) is 0 Å². The Morgan fingerprint density at radius 1 is 1.06 bits per heavy atom. The number of hydrogen-bond acceptors (Lipinski definition) is 2. The Labute approximate surface area is 111 Å². The van der Waals surface area contributed by atoms with Gasteiger partial charge < -0.3 is 10.4 Å². The second-order valence-corrected chi connectivity index (χ2v) is 5.16. The van der Waals surface area contributed by atoms with Crippen molar-refractivity contribution < 1.29 is 5.11 Å². The zero-order valence-electron chi connectivity index (χ0n) is 12.0. The Hall–Kier alpha value is -0.860. The number of benzene rings is 1. The summed E-state index contributed by atoms with van der Waals surface area (Å²) in [6.07, 6.45) is 4.46. The molecular formula is C16H27NO. The maximum absolute atomic E-state index is 8.69. The van der Waals surface area contributed by atoms with Crippen LogP contribution in [0.3, 0.4) is 0 Å². The van der Waals surface area contributed by atoms with Gasteiger partial charge in [-0.15, -0.1) is 0 Å². The molecule has 18 heavy (non-hydrogen) atoms. The molecule has 0 fully saturated rings. The van der Waals surface area contributed by atoms with Crippen LogP contribution in [0.25, 0.3) is 0 Å². The molecule has 1 aromatic carbocycles. The van der Waals surface area contributed by atoms with Crippen molar-refractivity contribution >= 4 is 0 Å². The van der Waals surface area contributed by atoms with Crippen LogP contribution < -0.4 is 5.32 Å².